The maximum Gasteiger partial charge on any atom is 0.165 e. The lowest BCUT2D eigenvalue weighted by molar-refractivity contribution is 0.338. The van der Waals surface area contributed by atoms with E-state index in [1.807, 2.05) is 6.07 Å². The lowest BCUT2D eigenvalue weighted by atomic mass is 9.85. The SMILES string of the molecule is COc1ccc(C(Br)CC2CCCCC2)cc1F. The monoisotopic (exact) mass is 314 g/mol. The first kappa shape index (κ1) is 13.9. The molecule has 0 spiro atoms. The second kappa shape index (κ2) is 6.55. The lowest BCUT2D eigenvalue weighted by Gasteiger charge is -2.24. The highest BCUT2D eigenvalue weighted by Gasteiger charge is 2.19. The van der Waals surface area contributed by atoms with E-state index < -0.39 is 0 Å². The van der Waals surface area contributed by atoms with Gasteiger partial charge in [0.1, 0.15) is 0 Å². The minimum Gasteiger partial charge on any atom is -0.494 e. The van der Waals surface area contributed by atoms with Gasteiger partial charge in [0, 0.05) is 4.83 Å². The first-order valence-corrected chi connectivity index (χ1v) is 7.59. The Hall–Kier alpha value is -0.570. The molecule has 18 heavy (non-hydrogen) atoms. The van der Waals surface area contributed by atoms with Crippen LogP contribution in [0.1, 0.15) is 48.9 Å². The summed E-state index contributed by atoms with van der Waals surface area (Å²) in [5.41, 5.74) is 1.01. The first-order chi connectivity index (χ1) is 8.70. The van der Waals surface area contributed by atoms with Crippen molar-refractivity contribution in [1.29, 1.82) is 0 Å². The van der Waals surface area contributed by atoms with Gasteiger partial charge in [-0.3, -0.25) is 0 Å². The summed E-state index contributed by atoms with van der Waals surface area (Å²) >= 11 is 3.69. The van der Waals surface area contributed by atoms with Gasteiger partial charge in [0.2, 0.25) is 0 Å². The van der Waals surface area contributed by atoms with Crippen LogP contribution in [0.4, 0.5) is 4.39 Å². The van der Waals surface area contributed by atoms with Crippen LogP contribution < -0.4 is 4.74 Å². The molecule has 1 aromatic rings. The topological polar surface area (TPSA) is 9.23 Å². The fourth-order valence-electron chi connectivity index (χ4n) is 2.73. The second-order valence-corrected chi connectivity index (χ2v) is 6.21. The van der Waals surface area contributed by atoms with Gasteiger partial charge < -0.3 is 4.74 Å². The molecule has 0 radical (unpaired) electrons. The van der Waals surface area contributed by atoms with Crippen LogP contribution >= 0.6 is 15.9 Å². The number of benzene rings is 1. The Balaban J connectivity index is 1.99. The van der Waals surface area contributed by atoms with E-state index in [1.165, 1.54) is 39.2 Å². The summed E-state index contributed by atoms with van der Waals surface area (Å²) in [5.74, 6) is 0.826. The third kappa shape index (κ3) is 3.47. The summed E-state index contributed by atoms with van der Waals surface area (Å²) in [6.45, 7) is 0. The van der Waals surface area contributed by atoms with Crippen LogP contribution in [0.15, 0.2) is 18.2 Å². The summed E-state index contributed by atoms with van der Waals surface area (Å²) in [6, 6.07) is 5.24. The molecule has 0 saturated heterocycles. The van der Waals surface area contributed by atoms with E-state index >= 15 is 0 Å². The van der Waals surface area contributed by atoms with Crippen molar-refractivity contribution in [3.63, 3.8) is 0 Å². The minimum absolute atomic E-state index is 0.251. The van der Waals surface area contributed by atoms with E-state index in [1.54, 1.807) is 12.1 Å². The van der Waals surface area contributed by atoms with Gasteiger partial charge in [0.05, 0.1) is 7.11 Å². The number of rotatable bonds is 4. The largest absolute Gasteiger partial charge is 0.494 e. The van der Waals surface area contributed by atoms with Gasteiger partial charge in [-0.2, -0.15) is 0 Å². The van der Waals surface area contributed by atoms with E-state index in [4.69, 9.17) is 4.74 Å². The lowest BCUT2D eigenvalue weighted by Crippen LogP contribution is -2.08. The number of halogens is 2. The van der Waals surface area contributed by atoms with Crippen molar-refractivity contribution in [2.45, 2.75) is 43.4 Å². The molecular weight excluding hydrogens is 295 g/mol. The van der Waals surface area contributed by atoms with Crippen molar-refractivity contribution in [2.75, 3.05) is 7.11 Å². The van der Waals surface area contributed by atoms with Crippen LogP contribution in [0.5, 0.6) is 5.75 Å². The minimum atomic E-state index is -0.275. The Morgan fingerprint density at radius 2 is 2.06 bits per heavy atom. The van der Waals surface area contributed by atoms with Crippen molar-refractivity contribution in [3.05, 3.63) is 29.6 Å². The first-order valence-electron chi connectivity index (χ1n) is 6.68. The quantitative estimate of drug-likeness (QED) is 0.690. The van der Waals surface area contributed by atoms with E-state index in [0.717, 1.165) is 17.9 Å². The Morgan fingerprint density at radius 3 is 2.67 bits per heavy atom. The van der Waals surface area contributed by atoms with Gasteiger partial charge in [-0.1, -0.05) is 54.1 Å². The van der Waals surface area contributed by atoms with Gasteiger partial charge >= 0.3 is 0 Å². The molecule has 1 aliphatic rings. The zero-order valence-electron chi connectivity index (χ0n) is 10.8. The van der Waals surface area contributed by atoms with Crippen LogP contribution in [0, 0.1) is 11.7 Å². The van der Waals surface area contributed by atoms with Crippen LogP contribution in [-0.2, 0) is 0 Å². The van der Waals surface area contributed by atoms with E-state index in [2.05, 4.69) is 15.9 Å². The molecule has 0 amide bonds. The average molecular weight is 315 g/mol. The molecule has 2 rings (SSSR count). The highest BCUT2D eigenvalue weighted by Crippen LogP contribution is 2.37. The molecule has 1 aliphatic carbocycles. The Kier molecular flexibility index (Phi) is 5.04. The number of alkyl halides is 1. The molecule has 1 saturated carbocycles. The van der Waals surface area contributed by atoms with Gasteiger partial charge in [0.25, 0.3) is 0 Å². The zero-order valence-corrected chi connectivity index (χ0v) is 12.4. The van der Waals surface area contributed by atoms with Crippen molar-refractivity contribution in [2.24, 2.45) is 5.92 Å². The van der Waals surface area contributed by atoms with Crippen LogP contribution in [0.25, 0.3) is 0 Å². The van der Waals surface area contributed by atoms with Crippen LogP contribution in [0.3, 0.4) is 0 Å². The highest BCUT2D eigenvalue weighted by atomic mass is 79.9. The molecule has 100 valence electrons. The number of ether oxygens (including phenoxy) is 1. The molecule has 1 unspecified atom stereocenters. The fourth-order valence-corrected chi connectivity index (χ4v) is 3.54. The van der Waals surface area contributed by atoms with Crippen molar-refractivity contribution in [3.8, 4) is 5.75 Å². The van der Waals surface area contributed by atoms with E-state index in [-0.39, 0.29) is 10.6 Å². The summed E-state index contributed by atoms with van der Waals surface area (Å²) in [4.78, 5) is 0.251. The van der Waals surface area contributed by atoms with Gasteiger partial charge in [-0.15, -0.1) is 0 Å². The average Bonchev–Trinajstić information content (AvgIpc) is 2.39. The molecule has 0 aromatic heterocycles. The van der Waals surface area contributed by atoms with Crippen LogP contribution in [0.2, 0.25) is 0 Å². The molecular formula is C15H20BrFO. The Bertz CT molecular complexity index is 388. The molecule has 1 nitrogen and oxygen atoms in total. The molecule has 0 bridgehead atoms. The third-order valence-corrected chi connectivity index (χ3v) is 4.71. The maximum absolute atomic E-state index is 13.6. The molecule has 0 N–H and O–H groups in total. The summed E-state index contributed by atoms with van der Waals surface area (Å²) in [6.07, 6.45) is 7.82. The smallest absolute Gasteiger partial charge is 0.165 e. The number of hydrogen-bond donors (Lipinski definition) is 0. The summed E-state index contributed by atoms with van der Waals surface area (Å²) < 4.78 is 18.6. The molecule has 3 heteroatoms. The van der Waals surface area contributed by atoms with Crippen molar-refractivity contribution >= 4 is 15.9 Å². The summed E-state index contributed by atoms with van der Waals surface area (Å²) in [7, 11) is 1.49. The van der Waals surface area contributed by atoms with Gasteiger partial charge in [-0.05, 0) is 30.0 Å². The third-order valence-electron chi connectivity index (χ3n) is 3.80. The highest BCUT2D eigenvalue weighted by molar-refractivity contribution is 9.09. The molecule has 0 aliphatic heterocycles. The second-order valence-electron chi connectivity index (χ2n) is 5.10. The predicted octanol–water partition coefficient (Wildman–Crippen LogP) is 5.24. The molecule has 1 aromatic carbocycles. The van der Waals surface area contributed by atoms with Gasteiger partial charge in [0.15, 0.2) is 11.6 Å². The maximum atomic E-state index is 13.6. The fraction of sp³-hybridized carbons (Fsp3) is 0.600. The molecule has 1 atom stereocenters. The number of methoxy groups -OCH3 is 1. The summed E-state index contributed by atoms with van der Waals surface area (Å²) in [5, 5.41) is 0. The normalized spacial score (nSPS) is 18.6. The van der Waals surface area contributed by atoms with Crippen molar-refractivity contribution in [1.82, 2.24) is 0 Å². The zero-order chi connectivity index (χ0) is 13.0. The standard InChI is InChI=1S/C15H20BrFO/c1-18-15-8-7-12(10-14(15)17)13(16)9-11-5-3-2-4-6-11/h7-8,10-11,13H,2-6,9H2,1H3. The van der Waals surface area contributed by atoms with E-state index in [9.17, 15) is 4.39 Å². The van der Waals surface area contributed by atoms with Crippen molar-refractivity contribution < 1.29 is 9.13 Å². The Morgan fingerprint density at radius 1 is 1.33 bits per heavy atom. The number of hydrogen-bond acceptors (Lipinski definition) is 1. The molecule has 0 heterocycles. The Labute approximate surface area is 117 Å². The van der Waals surface area contributed by atoms with E-state index in [0.29, 0.717) is 5.75 Å². The van der Waals surface area contributed by atoms with Gasteiger partial charge in [-0.25, -0.2) is 4.39 Å². The predicted molar refractivity (Wildman–Crippen MR) is 75.8 cm³/mol. The van der Waals surface area contributed by atoms with Crippen LogP contribution in [-0.4, -0.2) is 7.11 Å². The molecule has 1 fully saturated rings.